The number of hydrogen-bond acceptors (Lipinski definition) is 4. The van der Waals surface area contributed by atoms with E-state index in [2.05, 4.69) is 16.0 Å². The maximum absolute atomic E-state index is 12.3. The average molecular weight is 385 g/mol. The number of rotatable bonds is 7. The lowest BCUT2D eigenvalue weighted by Gasteiger charge is -2.11. The topological polar surface area (TPSA) is 79.5 Å². The van der Waals surface area contributed by atoms with Crippen LogP contribution in [0.3, 0.4) is 0 Å². The maximum Gasteiger partial charge on any atom is 0.257 e. The van der Waals surface area contributed by atoms with Crippen LogP contribution in [0.1, 0.15) is 41.0 Å². The van der Waals surface area contributed by atoms with E-state index in [1.807, 2.05) is 13.8 Å². The number of benzene rings is 2. The maximum atomic E-state index is 12.3. The normalized spacial score (nSPS) is 10.0. The molecule has 3 N–H and O–H groups in total. The van der Waals surface area contributed by atoms with Crippen molar-refractivity contribution in [2.24, 2.45) is 0 Å². The van der Waals surface area contributed by atoms with Gasteiger partial charge in [-0.05, 0) is 68.0 Å². The Bertz CT molecular complexity index is 806. The van der Waals surface area contributed by atoms with Crippen LogP contribution >= 0.6 is 12.2 Å². The summed E-state index contributed by atoms with van der Waals surface area (Å²) in [7, 11) is 0. The standard InChI is InChI=1S/C20H23N3O3S/c1-3-12-26-17-10-8-14(9-11-17)19(25)23-20(27)22-16-7-5-6-15(13-16)18(24)21-4-2/h5-11,13H,3-4,12H2,1-2H3,(H,21,24)(H2,22,23,25,27). The lowest BCUT2D eigenvalue weighted by atomic mass is 10.2. The first-order valence-electron chi connectivity index (χ1n) is 8.77. The third-order valence-electron chi connectivity index (χ3n) is 3.54. The highest BCUT2D eigenvalue weighted by Crippen LogP contribution is 2.13. The summed E-state index contributed by atoms with van der Waals surface area (Å²) in [6, 6.07) is 13.7. The molecule has 0 radical (unpaired) electrons. The van der Waals surface area contributed by atoms with Crippen LogP contribution in [-0.2, 0) is 0 Å². The lowest BCUT2D eigenvalue weighted by molar-refractivity contribution is 0.0953. The molecule has 6 nitrogen and oxygen atoms in total. The van der Waals surface area contributed by atoms with Gasteiger partial charge in [-0.1, -0.05) is 13.0 Å². The Morgan fingerprint density at radius 1 is 1.00 bits per heavy atom. The minimum absolute atomic E-state index is 0.152. The molecule has 0 spiro atoms. The molecule has 0 unspecified atom stereocenters. The van der Waals surface area contributed by atoms with E-state index in [0.717, 1.165) is 12.2 Å². The third-order valence-corrected chi connectivity index (χ3v) is 3.74. The molecule has 2 aromatic carbocycles. The predicted molar refractivity (Wildman–Crippen MR) is 110 cm³/mol. The molecule has 0 heterocycles. The fourth-order valence-electron chi connectivity index (χ4n) is 2.26. The number of hydrogen-bond donors (Lipinski definition) is 3. The third kappa shape index (κ3) is 6.38. The van der Waals surface area contributed by atoms with Gasteiger partial charge in [0.05, 0.1) is 6.61 Å². The summed E-state index contributed by atoms with van der Waals surface area (Å²) in [6.45, 7) is 5.07. The highest BCUT2D eigenvalue weighted by molar-refractivity contribution is 7.80. The summed E-state index contributed by atoms with van der Waals surface area (Å²) >= 11 is 5.19. The second kappa shape index (κ2) is 10.3. The summed E-state index contributed by atoms with van der Waals surface area (Å²) < 4.78 is 5.50. The van der Waals surface area contributed by atoms with E-state index < -0.39 is 0 Å². The van der Waals surface area contributed by atoms with Crippen LogP contribution in [0.25, 0.3) is 0 Å². The van der Waals surface area contributed by atoms with Crippen molar-refractivity contribution in [1.29, 1.82) is 0 Å². The van der Waals surface area contributed by atoms with Gasteiger partial charge in [0.15, 0.2) is 5.11 Å². The first kappa shape index (κ1) is 20.4. The fraction of sp³-hybridized carbons (Fsp3) is 0.250. The van der Waals surface area contributed by atoms with Crippen LogP contribution in [0.15, 0.2) is 48.5 Å². The van der Waals surface area contributed by atoms with E-state index in [1.54, 1.807) is 48.5 Å². The van der Waals surface area contributed by atoms with Crippen LogP contribution in [0.5, 0.6) is 5.75 Å². The summed E-state index contributed by atoms with van der Waals surface area (Å²) in [4.78, 5) is 24.2. The number of carbonyl (C=O) groups excluding carboxylic acids is 2. The Morgan fingerprint density at radius 3 is 2.41 bits per heavy atom. The number of anilines is 1. The van der Waals surface area contributed by atoms with Gasteiger partial charge in [0.25, 0.3) is 11.8 Å². The molecule has 142 valence electrons. The molecule has 0 aliphatic carbocycles. The van der Waals surface area contributed by atoms with Crippen LogP contribution in [-0.4, -0.2) is 30.1 Å². The lowest BCUT2D eigenvalue weighted by Crippen LogP contribution is -2.34. The molecule has 0 atom stereocenters. The van der Waals surface area contributed by atoms with E-state index in [4.69, 9.17) is 17.0 Å². The molecule has 0 bridgehead atoms. The average Bonchev–Trinajstić information content (AvgIpc) is 2.67. The Hall–Kier alpha value is -2.93. The minimum atomic E-state index is -0.325. The monoisotopic (exact) mass is 385 g/mol. The van der Waals surface area contributed by atoms with E-state index >= 15 is 0 Å². The summed E-state index contributed by atoms with van der Waals surface area (Å²) in [6.07, 6.45) is 0.920. The van der Waals surface area contributed by atoms with Crippen molar-refractivity contribution < 1.29 is 14.3 Å². The van der Waals surface area contributed by atoms with E-state index in [0.29, 0.717) is 30.0 Å². The van der Waals surface area contributed by atoms with Gasteiger partial charge in [-0.3, -0.25) is 14.9 Å². The van der Waals surface area contributed by atoms with E-state index in [9.17, 15) is 9.59 Å². The number of carbonyl (C=O) groups is 2. The number of ether oxygens (including phenoxy) is 1. The zero-order valence-corrected chi connectivity index (χ0v) is 16.2. The molecule has 0 aliphatic heterocycles. The largest absolute Gasteiger partial charge is 0.494 e. The molecule has 0 aromatic heterocycles. The Balaban J connectivity index is 1.94. The minimum Gasteiger partial charge on any atom is -0.494 e. The molecule has 7 heteroatoms. The van der Waals surface area contributed by atoms with Crippen LogP contribution in [0, 0.1) is 0 Å². The molecule has 0 saturated heterocycles. The van der Waals surface area contributed by atoms with Gasteiger partial charge in [-0.15, -0.1) is 0 Å². The van der Waals surface area contributed by atoms with Gasteiger partial charge in [0.1, 0.15) is 5.75 Å². The van der Waals surface area contributed by atoms with Crippen molar-refractivity contribution in [2.75, 3.05) is 18.5 Å². The molecular formula is C20H23N3O3S. The van der Waals surface area contributed by atoms with Crippen LogP contribution in [0.2, 0.25) is 0 Å². The van der Waals surface area contributed by atoms with Crippen molar-refractivity contribution in [3.8, 4) is 5.75 Å². The summed E-state index contributed by atoms with van der Waals surface area (Å²) in [5, 5.41) is 8.42. The Labute approximate surface area is 164 Å². The van der Waals surface area contributed by atoms with Crippen molar-refractivity contribution in [2.45, 2.75) is 20.3 Å². The van der Waals surface area contributed by atoms with Gasteiger partial charge in [0, 0.05) is 23.4 Å². The Morgan fingerprint density at radius 2 is 1.74 bits per heavy atom. The van der Waals surface area contributed by atoms with E-state index in [1.165, 1.54) is 0 Å². The molecular weight excluding hydrogens is 362 g/mol. The van der Waals surface area contributed by atoms with Crippen molar-refractivity contribution in [3.05, 3.63) is 59.7 Å². The zero-order valence-electron chi connectivity index (χ0n) is 15.4. The van der Waals surface area contributed by atoms with Crippen LogP contribution in [0.4, 0.5) is 5.69 Å². The van der Waals surface area contributed by atoms with Gasteiger partial charge in [-0.2, -0.15) is 0 Å². The number of thiocarbonyl (C=S) groups is 1. The smallest absolute Gasteiger partial charge is 0.257 e. The van der Waals surface area contributed by atoms with Crippen LogP contribution < -0.4 is 20.7 Å². The second-order valence-electron chi connectivity index (χ2n) is 5.72. The van der Waals surface area contributed by atoms with Gasteiger partial charge in [-0.25, -0.2) is 0 Å². The Kier molecular flexibility index (Phi) is 7.76. The van der Waals surface area contributed by atoms with Gasteiger partial charge < -0.3 is 15.4 Å². The quantitative estimate of drug-likeness (QED) is 0.637. The highest BCUT2D eigenvalue weighted by atomic mass is 32.1. The molecule has 0 saturated carbocycles. The molecule has 0 aliphatic rings. The van der Waals surface area contributed by atoms with Crippen molar-refractivity contribution in [3.63, 3.8) is 0 Å². The summed E-state index contributed by atoms with van der Waals surface area (Å²) in [5.74, 6) is 0.229. The zero-order chi connectivity index (χ0) is 19.6. The molecule has 27 heavy (non-hydrogen) atoms. The van der Waals surface area contributed by atoms with Crippen molar-refractivity contribution >= 4 is 34.8 Å². The van der Waals surface area contributed by atoms with Gasteiger partial charge in [0.2, 0.25) is 0 Å². The fourth-order valence-corrected chi connectivity index (χ4v) is 2.47. The number of nitrogens with one attached hydrogen (secondary N) is 3. The first-order valence-corrected chi connectivity index (χ1v) is 9.17. The highest BCUT2D eigenvalue weighted by Gasteiger charge is 2.10. The first-order chi connectivity index (χ1) is 13.0. The second-order valence-corrected chi connectivity index (χ2v) is 6.13. The van der Waals surface area contributed by atoms with E-state index in [-0.39, 0.29) is 16.9 Å². The summed E-state index contributed by atoms with van der Waals surface area (Å²) in [5.41, 5.74) is 1.60. The molecule has 0 fully saturated rings. The molecule has 2 rings (SSSR count). The van der Waals surface area contributed by atoms with Crippen molar-refractivity contribution in [1.82, 2.24) is 10.6 Å². The molecule has 2 amide bonds. The number of amides is 2. The molecule has 2 aromatic rings. The predicted octanol–water partition coefficient (Wildman–Crippen LogP) is 3.35. The SMILES string of the molecule is CCCOc1ccc(C(=O)NC(=S)Nc2cccc(C(=O)NCC)c2)cc1. The van der Waals surface area contributed by atoms with Gasteiger partial charge >= 0.3 is 0 Å².